The van der Waals surface area contributed by atoms with Gasteiger partial charge >= 0.3 is 12.1 Å². The minimum absolute atomic E-state index is 0.0810. The zero-order valence-corrected chi connectivity index (χ0v) is 12.7. The maximum Gasteiger partial charge on any atom is 0.412 e. The second kappa shape index (κ2) is 7.42. The molecule has 1 heterocycles. The highest BCUT2D eigenvalue weighted by Gasteiger charge is 2.13. The predicted octanol–water partition coefficient (Wildman–Crippen LogP) is 3.41. The number of carboxylic acids is 1. The van der Waals surface area contributed by atoms with Crippen LogP contribution in [0.15, 0.2) is 47.5 Å². The summed E-state index contributed by atoms with van der Waals surface area (Å²) in [6.45, 7) is 1.95. The number of amides is 1. The first-order valence-electron chi connectivity index (χ1n) is 6.53. The molecule has 6 heteroatoms. The van der Waals surface area contributed by atoms with Crippen LogP contribution in [0.2, 0.25) is 0 Å². The molecule has 22 heavy (non-hydrogen) atoms. The molecule has 0 saturated carbocycles. The smallest absolute Gasteiger partial charge is 0.412 e. The summed E-state index contributed by atoms with van der Waals surface area (Å²) in [5.74, 6) is -1.22. The zero-order chi connectivity index (χ0) is 15.9. The molecular weight excluding hydrogens is 302 g/mol. The van der Waals surface area contributed by atoms with Gasteiger partial charge in [0.25, 0.3) is 0 Å². The number of rotatable bonds is 5. The Labute approximate surface area is 131 Å². The molecule has 5 nitrogen and oxygen atoms in total. The largest absolute Gasteiger partial charge is 0.477 e. The van der Waals surface area contributed by atoms with E-state index in [1.165, 1.54) is 17.4 Å². The third kappa shape index (κ3) is 4.46. The molecule has 1 amide bonds. The molecule has 2 rings (SSSR count). The van der Waals surface area contributed by atoms with Crippen LogP contribution >= 0.6 is 11.3 Å². The van der Waals surface area contributed by atoms with Crippen molar-refractivity contribution in [1.29, 1.82) is 0 Å². The van der Waals surface area contributed by atoms with Gasteiger partial charge in [-0.05, 0) is 35.6 Å². The SMILES string of the molecule is Cc1ccsc1/C=C(\NC(=O)OCc1ccccc1)C(=O)O. The van der Waals surface area contributed by atoms with Crippen LogP contribution in [0.1, 0.15) is 16.0 Å². The van der Waals surface area contributed by atoms with Gasteiger partial charge in [-0.1, -0.05) is 30.3 Å². The van der Waals surface area contributed by atoms with Crippen molar-refractivity contribution >= 4 is 29.5 Å². The summed E-state index contributed by atoms with van der Waals surface area (Å²) in [6.07, 6.45) is 0.623. The highest BCUT2D eigenvalue weighted by Crippen LogP contribution is 2.18. The second-order valence-electron chi connectivity index (χ2n) is 4.52. The Morgan fingerprint density at radius 1 is 1.27 bits per heavy atom. The minimum atomic E-state index is -1.22. The molecule has 0 atom stereocenters. The molecule has 114 valence electrons. The molecule has 1 aromatic heterocycles. The van der Waals surface area contributed by atoms with Crippen LogP contribution in [0.5, 0.6) is 0 Å². The Bertz CT molecular complexity index is 691. The maximum atomic E-state index is 11.7. The lowest BCUT2D eigenvalue weighted by Gasteiger charge is -2.07. The number of carbonyl (C=O) groups is 2. The van der Waals surface area contributed by atoms with Crippen molar-refractivity contribution in [2.75, 3.05) is 0 Å². The third-order valence-corrected chi connectivity index (χ3v) is 3.82. The Kier molecular flexibility index (Phi) is 5.32. The number of benzene rings is 1. The summed E-state index contributed by atoms with van der Waals surface area (Å²) < 4.78 is 5.01. The lowest BCUT2D eigenvalue weighted by atomic mass is 10.2. The Morgan fingerprint density at radius 3 is 2.59 bits per heavy atom. The van der Waals surface area contributed by atoms with Gasteiger partial charge in [-0.3, -0.25) is 5.32 Å². The van der Waals surface area contributed by atoms with Gasteiger partial charge in [0, 0.05) is 4.88 Å². The van der Waals surface area contributed by atoms with E-state index >= 15 is 0 Å². The van der Waals surface area contributed by atoms with Crippen molar-refractivity contribution < 1.29 is 19.4 Å². The van der Waals surface area contributed by atoms with Crippen molar-refractivity contribution in [2.45, 2.75) is 13.5 Å². The first kappa shape index (κ1) is 15.8. The summed E-state index contributed by atoms with van der Waals surface area (Å²) in [4.78, 5) is 23.7. The first-order valence-corrected chi connectivity index (χ1v) is 7.41. The molecule has 0 aliphatic rings. The molecule has 0 aliphatic carbocycles. The molecule has 2 N–H and O–H groups in total. The normalized spacial score (nSPS) is 11.0. The molecule has 2 aromatic rings. The van der Waals surface area contributed by atoms with Crippen LogP contribution < -0.4 is 5.32 Å². The molecular formula is C16H15NO4S. The van der Waals surface area contributed by atoms with Crippen molar-refractivity contribution in [3.63, 3.8) is 0 Å². The quantitative estimate of drug-likeness (QED) is 0.829. The number of hydrogen-bond acceptors (Lipinski definition) is 4. The number of aliphatic carboxylic acids is 1. The Morgan fingerprint density at radius 2 is 2.00 bits per heavy atom. The lowest BCUT2D eigenvalue weighted by Crippen LogP contribution is -2.27. The van der Waals surface area contributed by atoms with E-state index in [2.05, 4.69) is 5.32 Å². The molecule has 0 unspecified atom stereocenters. The fourth-order valence-corrected chi connectivity index (χ4v) is 2.54. The summed E-state index contributed by atoms with van der Waals surface area (Å²) in [7, 11) is 0. The van der Waals surface area contributed by atoms with Gasteiger partial charge in [0.15, 0.2) is 0 Å². The Hall–Kier alpha value is -2.60. The Balaban J connectivity index is 1.99. The van der Waals surface area contributed by atoms with Crippen molar-refractivity contribution in [3.05, 3.63) is 63.5 Å². The van der Waals surface area contributed by atoms with Crippen molar-refractivity contribution in [2.24, 2.45) is 0 Å². The molecule has 0 spiro atoms. The number of thiophene rings is 1. The van der Waals surface area contributed by atoms with E-state index in [0.29, 0.717) is 0 Å². The maximum absolute atomic E-state index is 11.7. The van der Waals surface area contributed by atoms with E-state index in [1.807, 2.05) is 48.7 Å². The number of ether oxygens (including phenoxy) is 1. The number of aryl methyl sites for hydroxylation is 1. The van der Waals surface area contributed by atoms with Gasteiger partial charge in [0.2, 0.25) is 0 Å². The van der Waals surface area contributed by atoms with Gasteiger partial charge < -0.3 is 9.84 Å². The van der Waals surface area contributed by atoms with Crippen LogP contribution in [0.3, 0.4) is 0 Å². The summed E-state index contributed by atoms with van der Waals surface area (Å²) in [5, 5.41) is 13.3. The van der Waals surface area contributed by atoms with Crippen LogP contribution in [0.4, 0.5) is 4.79 Å². The van der Waals surface area contributed by atoms with Crippen LogP contribution in [-0.2, 0) is 16.1 Å². The zero-order valence-electron chi connectivity index (χ0n) is 11.9. The third-order valence-electron chi connectivity index (χ3n) is 2.86. The molecule has 1 aromatic carbocycles. The summed E-state index contributed by atoms with van der Waals surface area (Å²) in [6, 6.07) is 11.0. The van der Waals surface area contributed by atoms with E-state index in [9.17, 15) is 9.59 Å². The van der Waals surface area contributed by atoms with E-state index in [4.69, 9.17) is 9.84 Å². The van der Waals surface area contributed by atoms with Gasteiger partial charge in [-0.2, -0.15) is 0 Å². The van der Waals surface area contributed by atoms with Gasteiger partial charge in [-0.15, -0.1) is 11.3 Å². The van der Waals surface area contributed by atoms with Crippen LogP contribution in [0, 0.1) is 6.92 Å². The summed E-state index contributed by atoms with van der Waals surface area (Å²) in [5.41, 5.74) is 1.56. The molecule has 0 bridgehead atoms. The van der Waals surface area contributed by atoms with Gasteiger partial charge in [-0.25, -0.2) is 9.59 Å². The van der Waals surface area contributed by atoms with E-state index in [-0.39, 0.29) is 12.3 Å². The lowest BCUT2D eigenvalue weighted by molar-refractivity contribution is -0.132. The van der Waals surface area contributed by atoms with E-state index in [0.717, 1.165) is 16.0 Å². The highest BCUT2D eigenvalue weighted by atomic mass is 32.1. The number of carboxylic acid groups (broad SMARTS) is 1. The van der Waals surface area contributed by atoms with E-state index in [1.54, 1.807) is 0 Å². The molecule has 0 fully saturated rings. The fourth-order valence-electron chi connectivity index (χ4n) is 1.68. The molecule has 0 radical (unpaired) electrons. The van der Waals surface area contributed by atoms with Crippen LogP contribution in [0.25, 0.3) is 6.08 Å². The number of carbonyl (C=O) groups excluding carboxylic acids is 1. The number of alkyl carbamates (subject to hydrolysis) is 1. The van der Waals surface area contributed by atoms with E-state index < -0.39 is 12.1 Å². The predicted molar refractivity (Wildman–Crippen MR) is 84.4 cm³/mol. The minimum Gasteiger partial charge on any atom is -0.477 e. The topological polar surface area (TPSA) is 75.6 Å². The fraction of sp³-hybridized carbons (Fsp3) is 0.125. The monoisotopic (exact) mass is 317 g/mol. The molecule has 0 aliphatic heterocycles. The van der Waals surface area contributed by atoms with Gasteiger partial charge in [0.05, 0.1) is 0 Å². The average molecular weight is 317 g/mol. The second-order valence-corrected chi connectivity index (χ2v) is 5.47. The number of hydrogen-bond donors (Lipinski definition) is 2. The average Bonchev–Trinajstić information content (AvgIpc) is 2.91. The summed E-state index contributed by atoms with van der Waals surface area (Å²) >= 11 is 1.40. The first-order chi connectivity index (χ1) is 10.6. The van der Waals surface area contributed by atoms with Gasteiger partial charge in [0.1, 0.15) is 12.3 Å². The number of nitrogens with one attached hydrogen (secondary N) is 1. The standard InChI is InChI=1S/C16H15NO4S/c1-11-7-8-22-14(11)9-13(15(18)19)17-16(20)21-10-12-5-3-2-4-6-12/h2-9H,10H2,1H3,(H,17,20)(H,18,19)/b13-9-. The van der Waals surface area contributed by atoms with Crippen molar-refractivity contribution in [3.8, 4) is 0 Å². The van der Waals surface area contributed by atoms with Crippen molar-refractivity contribution in [1.82, 2.24) is 5.32 Å². The highest BCUT2D eigenvalue weighted by molar-refractivity contribution is 7.11. The molecule has 0 saturated heterocycles. The van der Waals surface area contributed by atoms with Crippen LogP contribution in [-0.4, -0.2) is 17.2 Å².